The van der Waals surface area contributed by atoms with Gasteiger partial charge < -0.3 is 10.2 Å². The van der Waals surface area contributed by atoms with E-state index in [1.807, 2.05) is 0 Å². The standard InChI is InChI=1S/C18H26N2/c1-20(2)17-5-3-16(4-6-17)19-18-10-13-7-14(11-18)9-15(8-13)12-18/h3-6,13-15,19H,7-12H2,1-2H3. The van der Waals surface area contributed by atoms with Crippen molar-refractivity contribution in [3.63, 3.8) is 0 Å². The van der Waals surface area contributed by atoms with Gasteiger partial charge in [0.2, 0.25) is 0 Å². The molecular formula is C18H26N2. The molecule has 4 saturated carbocycles. The third kappa shape index (κ3) is 2.10. The molecule has 20 heavy (non-hydrogen) atoms. The van der Waals surface area contributed by atoms with E-state index in [9.17, 15) is 0 Å². The summed E-state index contributed by atoms with van der Waals surface area (Å²) >= 11 is 0. The Morgan fingerprint density at radius 3 is 1.85 bits per heavy atom. The lowest BCUT2D eigenvalue weighted by Crippen LogP contribution is -2.54. The van der Waals surface area contributed by atoms with E-state index >= 15 is 0 Å². The molecule has 0 atom stereocenters. The summed E-state index contributed by atoms with van der Waals surface area (Å²) in [6, 6.07) is 8.97. The molecule has 0 heterocycles. The van der Waals surface area contributed by atoms with Gasteiger partial charge in [-0.2, -0.15) is 0 Å². The van der Waals surface area contributed by atoms with Crippen molar-refractivity contribution in [2.45, 2.75) is 44.1 Å². The summed E-state index contributed by atoms with van der Waals surface area (Å²) in [5.41, 5.74) is 3.02. The Balaban J connectivity index is 1.53. The highest BCUT2D eigenvalue weighted by Gasteiger charge is 2.50. The first kappa shape index (κ1) is 12.6. The van der Waals surface area contributed by atoms with Crippen LogP contribution in [0.4, 0.5) is 11.4 Å². The number of anilines is 2. The fourth-order valence-electron chi connectivity index (χ4n) is 5.41. The second kappa shape index (κ2) is 4.41. The molecule has 0 saturated heterocycles. The molecule has 2 heteroatoms. The third-order valence-corrected chi connectivity index (χ3v) is 5.83. The monoisotopic (exact) mass is 270 g/mol. The van der Waals surface area contributed by atoms with Crippen LogP contribution < -0.4 is 10.2 Å². The fourth-order valence-corrected chi connectivity index (χ4v) is 5.41. The maximum atomic E-state index is 3.93. The number of nitrogens with one attached hydrogen (secondary N) is 1. The van der Waals surface area contributed by atoms with Gasteiger partial charge in [-0.05, 0) is 80.5 Å². The van der Waals surface area contributed by atoms with Gasteiger partial charge in [0.05, 0.1) is 0 Å². The van der Waals surface area contributed by atoms with Gasteiger partial charge in [-0.1, -0.05) is 0 Å². The van der Waals surface area contributed by atoms with Crippen molar-refractivity contribution in [3.8, 4) is 0 Å². The molecule has 0 aromatic heterocycles. The molecule has 1 aromatic rings. The van der Waals surface area contributed by atoms with Gasteiger partial charge in [0.1, 0.15) is 0 Å². The summed E-state index contributed by atoms with van der Waals surface area (Å²) in [5, 5.41) is 3.93. The second-order valence-corrected chi connectivity index (χ2v) is 7.76. The summed E-state index contributed by atoms with van der Waals surface area (Å²) in [7, 11) is 4.20. The van der Waals surface area contributed by atoms with Crippen molar-refractivity contribution in [1.82, 2.24) is 0 Å². The summed E-state index contributed by atoms with van der Waals surface area (Å²) in [4.78, 5) is 2.16. The van der Waals surface area contributed by atoms with Crippen molar-refractivity contribution in [1.29, 1.82) is 0 Å². The van der Waals surface area contributed by atoms with Crippen molar-refractivity contribution in [2.24, 2.45) is 17.8 Å². The van der Waals surface area contributed by atoms with Crippen LogP contribution in [0.5, 0.6) is 0 Å². The normalized spacial score (nSPS) is 38.0. The van der Waals surface area contributed by atoms with E-state index in [0.29, 0.717) is 5.54 Å². The van der Waals surface area contributed by atoms with Gasteiger partial charge in [0.25, 0.3) is 0 Å². The van der Waals surface area contributed by atoms with Crippen molar-refractivity contribution in [2.75, 3.05) is 24.3 Å². The van der Waals surface area contributed by atoms with E-state index in [-0.39, 0.29) is 0 Å². The first-order chi connectivity index (χ1) is 9.62. The van der Waals surface area contributed by atoms with E-state index < -0.39 is 0 Å². The SMILES string of the molecule is CN(C)c1ccc(NC23CC4CC(CC(C4)C2)C3)cc1. The van der Waals surface area contributed by atoms with Crippen molar-refractivity contribution in [3.05, 3.63) is 24.3 Å². The van der Waals surface area contributed by atoms with E-state index in [1.165, 1.54) is 49.9 Å². The first-order valence-corrected chi connectivity index (χ1v) is 8.17. The zero-order valence-corrected chi connectivity index (χ0v) is 12.7. The number of nitrogens with zero attached hydrogens (tertiary/aromatic N) is 1. The van der Waals surface area contributed by atoms with Crippen LogP contribution in [0.1, 0.15) is 38.5 Å². The third-order valence-electron chi connectivity index (χ3n) is 5.83. The molecule has 4 aliphatic carbocycles. The number of hydrogen-bond donors (Lipinski definition) is 1. The molecule has 4 aliphatic rings. The van der Waals surface area contributed by atoms with Crippen LogP contribution in [0.15, 0.2) is 24.3 Å². The predicted octanol–water partition coefficient (Wildman–Crippen LogP) is 4.13. The largest absolute Gasteiger partial charge is 0.380 e. The first-order valence-electron chi connectivity index (χ1n) is 8.17. The van der Waals surface area contributed by atoms with Crippen LogP contribution in [0, 0.1) is 17.8 Å². The van der Waals surface area contributed by atoms with Crippen LogP contribution in [0.2, 0.25) is 0 Å². The summed E-state index contributed by atoms with van der Waals surface area (Å²) in [6.45, 7) is 0. The lowest BCUT2D eigenvalue weighted by atomic mass is 9.53. The second-order valence-electron chi connectivity index (χ2n) is 7.76. The molecule has 1 aromatic carbocycles. The summed E-state index contributed by atoms with van der Waals surface area (Å²) in [5.74, 6) is 3.03. The Kier molecular flexibility index (Phi) is 2.77. The van der Waals surface area contributed by atoms with Gasteiger partial charge in [0, 0.05) is 31.0 Å². The number of rotatable bonds is 3. The molecule has 2 nitrogen and oxygen atoms in total. The highest BCUT2D eigenvalue weighted by Crippen LogP contribution is 2.56. The lowest BCUT2D eigenvalue weighted by molar-refractivity contribution is 0.0107. The van der Waals surface area contributed by atoms with Crippen LogP contribution in [0.3, 0.4) is 0 Å². The Bertz CT molecular complexity index is 453. The van der Waals surface area contributed by atoms with E-state index in [0.717, 1.165) is 17.8 Å². The molecule has 0 amide bonds. The van der Waals surface area contributed by atoms with Crippen molar-refractivity contribution < 1.29 is 0 Å². The Hall–Kier alpha value is -1.18. The van der Waals surface area contributed by atoms with Gasteiger partial charge in [-0.15, -0.1) is 0 Å². The predicted molar refractivity (Wildman–Crippen MR) is 85.3 cm³/mol. The Morgan fingerprint density at radius 1 is 0.900 bits per heavy atom. The van der Waals surface area contributed by atoms with Crippen LogP contribution in [-0.4, -0.2) is 19.6 Å². The van der Waals surface area contributed by atoms with Crippen LogP contribution in [0.25, 0.3) is 0 Å². The maximum absolute atomic E-state index is 3.93. The smallest absolute Gasteiger partial charge is 0.0381 e. The molecule has 1 N–H and O–H groups in total. The molecule has 5 rings (SSSR count). The highest BCUT2D eigenvalue weighted by atomic mass is 15.1. The Morgan fingerprint density at radius 2 is 1.40 bits per heavy atom. The molecule has 4 bridgehead atoms. The minimum absolute atomic E-state index is 0.425. The molecule has 108 valence electrons. The topological polar surface area (TPSA) is 15.3 Å². The zero-order chi connectivity index (χ0) is 13.7. The number of hydrogen-bond acceptors (Lipinski definition) is 2. The quantitative estimate of drug-likeness (QED) is 0.888. The minimum atomic E-state index is 0.425. The van der Waals surface area contributed by atoms with E-state index in [4.69, 9.17) is 0 Å². The van der Waals surface area contributed by atoms with Gasteiger partial charge in [-0.25, -0.2) is 0 Å². The maximum Gasteiger partial charge on any atom is 0.0381 e. The molecule has 0 radical (unpaired) electrons. The average molecular weight is 270 g/mol. The van der Waals surface area contributed by atoms with Crippen LogP contribution in [-0.2, 0) is 0 Å². The van der Waals surface area contributed by atoms with E-state index in [2.05, 4.69) is 48.6 Å². The van der Waals surface area contributed by atoms with E-state index in [1.54, 1.807) is 0 Å². The molecule has 0 aliphatic heterocycles. The average Bonchev–Trinajstić information content (AvgIpc) is 2.37. The van der Waals surface area contributed by atoms with Crippen molar-refractivity contribution >= 4 is 11.4 Å². The zero-order valence-electron chi connectivity index (χ0n) is 12.7. The summed E-state index contributed by atoms with van der Waals surface area (Å²) in [6.07, 6.45) is 8.78. The summed E-state index contributed by atoms with van der Waals surface area (Å²) < 4.78 is 0. The highest BCUT2D eigenvalue weighted by molar-refractivity contribution is 5.55. The molecule has 0 spiro atoms. The molecular weight excluding hydrogens is 244 g/mol. The molecule has 0 unspecified atom stereocenters. The lowest BCUT2D eigenvalue weighted by Gasteiger charge is -2.57. The Labute approximate surface area is 122 Å². The minimum Gasteiger partial charge on any atom is -0.380 e. The molecule has 4 fully saturated rings. The number of benzene rings is 1. The van der Waals surface area contributed by atoms with Crippen LogP contribution >= 0.6 is 0 Å². The van der Waals surface area contributed by atoms with Gasteiger partial charge in [-0.3, -0.25) is 0 Å². The van der Waals surface area contributed by atoms with Gasteiger partial charge >= 0.3 is 0 Å². The van der Waals surface area contributed by atoms with Gasteiger partial charge in [0.15, 0.2) is 0 Å². The fraction of sp³-hybridized carbons (Fsp3) is 0.667.